The molecular weight excluding hydrogens is 210 g/mol. The fourth-order valence-electron chi connectivity index (χ4n) is 1.73. The summed E-state index contributed by atoms with van der Waals surface area (Å²) in [5.41, 5.74) is 9.14. The Morgan fingerprint density at radius 3 is 2.47 bits per heavy atom. The van der Waals surface area contributed by atoms with E-state index < -0.39 is 0 Å². The molecule has 0 heterocycles. The molecule has 0 saturated heterocycles. The standard InChI is InChI=1S/C15H17NO/c1-12-9-15(8-7-14(12)10-16)17-11-13-5-3-2-4-6-13/h2-9H,10-11,16H2,1H3. The van der Waals surface area contributed by atoms with Gasteiger partial charge in [0.25, 0.3) is 0 Å². The quantitative estimate of drug-likeness (QED) is 0.871. The van der Waals surface area contributed by atoms with Crippen molar-refractivity contribution in [2.24, 2.45) is 5.73 Å². The summed E-state index contributed by atoms with van der Waals surface area (Å²) in [6, 6.07) is 16.2. The van der Waals surface area contributed by atoms with Crippen LogP contribution >= 0.6 is 0 Å². The molecule has 2 rings (SSSR count). The lowest BCUT2D eigenvalue weighted by Gasteiger charge is -2.09. The maximum Gasteiger partial charge on any atom is 0.120 e. The average molecular weight is 227 g/mol. The highest BCUT2D eigenvalue weighted by molar-refractivity contribution is 5.34. The van der Waals surface area contributed by atoms with Crippen LogP contribution in [-0.4, -0.2) is 0 Å². The second-order valence-electron chi connectivity index (χ2n) is 4.07. The molecule has 2 N–H and O–H groups in total. The predicted octanol–water partition coefficient (Wildman–Crippen LogP) is 3.03. The normalized spacial score (nSPS) is 10.2. The van der Waals surface area contributed by atoms with E-state index in [1.807, 2.05) is 36.4 Å². The summed E-state index contributed by atoms with van der Waals surface area (Å²) in [6.07, 6.45) is 0. The largest absolute Gasteiger partial charge is 0.489 e. The van der Waals surface area contributed by atoms with Gasteiger partial charge in [0, 0.05) is 6.54 Å². The van der Waals surface area contributed by atoms with Crippen molar-refractivity contribution in [1.82, 2.24) is 0 Å². The van der Waals surface area contributed by atoms with Crippen LogP contribution in [0.2, 0.25) is 0 Å². The van der Waals surface area contributed by atoms with E-state index in [0.29, 0.717) is 13.2 Å². The molecule has 0 saturated carbocycles. The van der Waals surface area contributed by atoms with Crippen LogP contribution in [0.1, 0.15) is 16.7 Å². The SMILES string of the molecule is Cc1cc(OCc2ccccc2)ccc1CN. The van der Waals surface area contributed by atoms with Gasteiger partial charge in [0.15, 0.2) is 0 Å². The summed E-state index contributed by atoms with van der Waals surface area (Å²) in [5.74, 6) is 0.892. The minimum Gasteiger partial charge on any atom is -0.489 e. The van der Waals surface area contributed by atoms with Crippen molar-refractivity contribution in [2.45, 2.75) is 20.1 Å². The molecule has 17 heavy (non-hydrogen) atoms. The Morgan fingerprint density at radius 2 is 1.82 bits per heavy atom. The molecule has 2 heteroatoms. The van der Waals surface area contributed by atoms with Gasteiger partial charge in [-0.3, -0.25) is 0 Å². The predicted molar refractivity (Wildman–Crippen MR) is 69.8 cm³/mol. The Labute approximate surface area is 102 Å². The Balaban J connectivity index is 2.02. The monoisotopic (exact) mass is 227 g/mol. The third-order valence-electron chi connectivity index (χ3n) is 2.78. The van der Waals surface area contributed by atoms with Crippen LogP contribution < -0.4 is 10.5 Å². The number of hydrogen-bond donors (Lipinski definition) is 1. The molecule has 0 aromatic heterocycles. The minimum atomic E-state index is 0.574. The van der Waals surface area contributed by atoms with Gasteiger partial charge in [-0.05, 0) is 35.7 Å². The summed E-state index contributed by atoms with van der Waals surface area (Å²) in [6.45, 7) is 3.23. The minimum absolute atomic E-state index is 0.574. The molecule has 0 aliphatic heterocycles. The first kappa shape index (κ1) is 11.7. The molecule has 2 aromatic rings. The zero-order valence-electron chi connectivity index (χ0n) is 10.0. The smallest absolute Gasteiger partial charge is 0.120 e. The van der Waals surface area contributed by atoms with Crippen molar-refractivity contribution in [1.29, 1.82) is 0 Å². The molecule has 2 nitrogen and oxygen atoms in total. The Morgan fingerprint density at radius 1 is 1.06 bits per heavy atom. The maximum absolute atomic E-state index is 5.73. The fourth-order valence-corrected chi connectivity index (χ4v) is 1.73. The average Bonchev–Trinajstić information content (AvgIpc) is 2.38. The van der Waals surface area contributed by atoms with Gasteiger partial charge in [-0.25, -0.2) is 0 Å². The Hall–Kier alpha value is -1.80. The van der Waals surface area contributed by atoms with Crippen molar-refractivity contribution in [3.8, 4) is 5.75 Å². The van der Waals surface area contributed by atoms with Crippen molar-refractivity contribution < 1.29 is 4.74 Å². The maximum atomic E-state index is 5.73. The van der Waals surface area contributed by atoms with E-state index in [1.165, 1.54) is 11.1 Å². The molecule has 0 spiro atoms. The molecule has 0 unspecified atom stereocenters. The third kappa shape index (κ3) is 3.08. The van der Waals surface area contributed by atoms with Crippen LogP contribution in [0, 0.1) is 6.92 Å². The molecule has 0 atom stereocenters. The number of ether oxygens (including phenoxy) is 1. The third-order valence-corrected chi connectivity index (χ3v) is 2.78. The summed E-state index contributed by atoms with van der Waals surface area (Å²) < 4.78 is 5.73. The zero-order chi connectivity index (χ0) is 12.1. The van der Waals surface area contributed by atoms with Crippen LogP contribution in [0.3, 0.4) is 0 Å². The van der Waals surface area contributed by atoms with Gasteiger partial charge in [-0.1, -0.05) is 36.4 Å². The first-order chi connectivity index (χ1) is 8.29. The van der Waals surface area contributed by atoms with Gasteiger partial charge in [-0.15, -0.1) is 0 Å². The second-order valence-corrected chi connectivity index (χ2v) is 4.07. The van der Waals surface area contributed by atoms with Gasteiger partial charge in [0.2, 0.25) is 0 Å². The summed E-state index contributed by atoms with van der Waals surface area (Å²) >= 11 is 0. The van der Waals surface area contributed by atoms with Crippen molar-refractivity contribution >= 4 is 0 Å². The van der Waals surface area contributed by atoms with E-state index in [2.05, 4.69) is 19.1 Å². The molecule has 0 radical (unpaired) electrons. The fraction of sp³-hybridized carbons (Fsp3) is 0.200. The number of benzene rings is 2. The van der Waals surface area contributed by atoms with Crippen LogP contribution in [-0.2, 0) is 13.2 Å². The molecular formula is C15H17NO. The number of hydrogen-bond acceptors (Lipinski definition) is 2. The van der Waals surface area contributed by atoms with Crippen molar-refractivity contribution in [3.05, 3.63) is 65.2 Å². The van der Waals surface area contributed by atoms with Crippen LogP contribution in [0.15, 0.2) is 48.5 Å². The highest BCUT2D eigenvalue weighted by atomic mass is 16.5. The lowest BCUT2D eigenvalue weighted by molar-refractivity contribution is 0.306. The topological polar surface area (TPSA) is 35.2 Å². The number of aryl methyl sites for hydroxylation is 1. The van der Waals surface area contributed by atoms with Gasteiger partial charge in [0.05, 0.1) is 0 Å². The molecule has 0 aliphatic carbocycles. The molecule has 2 aromatic carbocycles. The highest BCUT2D eigenvalue weighted by Crippen LogP contribution is 2.18. The van der Waals surface area contributed by atoms with E-state index in [1.54, 1.807) is 0 Å². The summed E-state index contributed by atoms with van der Waals surface area (Å²) in [7, 11) is 0. The first-order valence-corrected chi connectivity index (χ1v) is 5.76. The molecule has 0 aliphatic rings. The molecule has 88 valence electrons. The molecule has 0 fully saturated rings. The van der Waals surface area contributed by atoms with Gasteiger partial charge >= 0.3 is 0 Å². The first-order valence-electron chi connectivity index (χ1n) is 5.76. The molecule has 0 amide bonds. The van der Waals surface area contributed by atoms with Crippen LogP contribution in [0.4, 0.5) is 0 Å². The lowest BCUT2D eigenvalue weighted by Crippen LogP contribution is -2.00. The van der Waals surface area contributed by atoms with Gasteiger partial charge < -0.3 is 10.5 Å². The number of rotatable bonds is 4. The second kappa shape index (κ2) is 5.51. The van der Waals surface area contributed by atoms with Crippen LogP contribution in [0.5, 0.6) is 5.75 Å². The Bertz CT molecular complexity index is 480. The van der Waals surface area contributed by atoms with E-state index >= 15 is 0 Å². The van der Waals surface area contributed by atoms with Gasteiger partial charge in [0.1, 0.15) is 12.4 Å². The van der Waals surface area contributed by atoms with E-state index in [4.69, 9.17) is 10.5 Å². The van der Waals surface area contributed by atoms with Crippen molar-refractivity contribution in [2.75, 3.05) is 0 Å². The molecule has 0 bridgehead atoms. The van der Waals surface area contributed by atoms with E-state index in [9.17, 15) is 0 Å². The van der Waals surface area contributed by atoms with E-state index in [0.717, 1.165) is 11.3 Å². The van der Waals surface area contributed by atoms with Crippen molar-refractivity contribution in [3.63, 3.8) is 0 Å². The lowest BCUT2D eigenvalue weighted by atomic mass is 10.1. The Kier molecular flexibility index (Phi) is 3.78. The summed E-state index contributed by atoms with van der Waals surface area (Å²) in [4.78, 5) is 0. The van der Waals surface area contributed by atoms with Crippen LogP contribution in [0.25, 0.3) is 0 Å². The van der Waals surface area contributed by atoms with Gasteiger partial charge in [-0.2, -0.15) is 0 Å². The number of nitrogens with two attached hydrogens (primary N) is 1. The summed E-state index contributed by atoms with van der Waals surface area (Å²) in [5, 5.41) is 0. The zero-order valence-corrected chi connectivity index (χ0v) is 10.0. The highest BCUT2D eigenvalue weighted by Gasteiger charge is 1.99. The van der Waals surface area contributed by atoms with E-state index in [-0.39, 0.29) is 0 Å².